The lowest BCUT2D eigenvalue weighted by molar-refractivity contribution is 0.0956. The first-order chi connectivity index (χ1) is 8.16. The molecule has 0 aromatic carbocycles. The Labute approximate surface area is 107 Å². The second-order valence-corrected chi connectivity index (χ2v) is 5.94. The molecule has 0 bridgehead atoms. The van der Waals surface area contributed by atoms with Crippen molar-refractivity contribution in [3.05, 3.63) is 21.4 Å². The van der Waals surface area contributed by atoms with Crippen molar-refractivity contribution in [2.24, 2.45) is 0 Å². The first-order valence-electron chi connectivity index (χ1n) is 6.25. The van der Waals surface area contributed by atoms with Gasteiger partial charge in [-0.2, -0.15) is 0 Å². The summed E-state index contributed by atoms with van der Waals surface area (Å²) in [5, 5.41) is 6.43. The summed E-state index contributed by atoms with van der Waals surface area (Å²) in [7, 11) is 0. The van der Waals surface area contributed by atoms with Crippen LogP contribution >= 0.6 is 11.3 Å². The third kappa shape index (κ3) is 3.30. The minimum absolute atomic E-state index is 0.0733. The normalized spacial score (nSPS) is 19.5. The molecule has 4 heteroatoms. The summed E-state index contributed by atoms with van der Waals surface area (Å²) in [6.07, 6.45) is 3.55. The van der Waals surface area contributed by atoms with E-state index in [4.69, 9.17) is 0 Å². The molecule has 0 aliphatic carbocycles. The fourth-order valence-electron chi connectivity index (χ4n) is 2.14. The number of rotatable bonds is 4. The van der Waals surface area contributed by atoms with Crippen LogP contribution in [0.5, 0.6) is 0 Å². The molecule has 94 valence electrons. The fraction of sp³-hybridized carbons (Fsp3) is 0.615. The average Bonchev–Trinajstić information content (AvgIpc) is 2.90. The third-order valence-electron chi connectivity index (χ3n) is 3.33. The molecule has 1 aromatic rings. The molecule has 1 saturated heterocycles. The molecule has 1 atom stereocenters. The zero-order valence-electron chi connectivity index (χ0n) is 10.5. The number of aryl methyl sites for hydroxylation is 2. The van der Waals surface area contributed by atoms with Crippen LogP contribution in [-0.4, -0.2) is 25.0 Å². The summed E-state index contributed by atoms with van der Waals surface area (Å²) >= 11 is 1.58. The zero-order valence-corrected chi connectivity index (χ0v) is 11.3. The Kier molecular flexibility index (Phi) is 4.18. The van der Waals surface area contributed by atoms with E-state index in [0.717, 1.165) is 24.4 Å². The minimum Gasteiger partial charge on any atom is -0.351 e. The molecule has 1 fully saturated rings. The van der Waals surface area contributed by atoms with Crippen molar-refractivity contribution in [3.63, 3.8) is 0 Å². The van der Waals surface area contributed by atoms with Gasteiger partial charge in [-0.3, -0.25) is 4.79 Å². The summed E-state index contributed by atoms with van der Waals surface area (Å²) < 4.78 is 0. The summed E-state index contributed by atoms with van der Waals surface area (Å²) in [5.74, 6) is 0.0733. The molecule has 0 spiro atoms. The van der Waals surface area contributed by atoms with Gasteiger partial charge in [-0.05, 0) is 51.3 Å². The van der Waals surface area contributed by atoms with Gasteiger partial charge in [0.1, 0.15) is 0 Å². The molecule has 17 heavy (non-hydrogen) atoms. The van der Waals surface area contributed by atoms with Crippen LogP contribution in [0.25, 0.3) is 0 Å². The second kappa shape index (κ2) is 5.65. The van der Waals surface area contributed by atoms with Gasteiger partial charge < -0.3 is 10.6 Å². The highest BCUT2D eigenvalue weighted by Gasteiger charge is 2.14. The highest BCUT2D eigenvalue weighted by molar-refractivity contribution is 7.14. The standard InChI is InChI=1S/C13H20N2OS/c1-9-8-12(17-10(9)2)13(16)15-7-5-11-4-3-6-14-11/h8,11,14H,3-7H2,1-2H3,(H,15,16). The maximum Gasteiger partial charge on any atom is 0.261 e. The predicted octanol–water partition coefficient (Wildman–Crippen LogP) is 2.24. The Bertz CT molecular complexity index is 375. The molecule has 2 rings (SSSR count). The minimum atomic E-state index is 0.0733. The molecule has 1 aliphatic heterocycles. The molecule has 3 nitrogen and oxygen atoms in total. The maximum atomic E-state index is 11.9. The van der Waals surface area contributed by atoms with Crippen LogP contribution in [-0.2, 0) is 0 Å². The van der Waals surface area contributed by atoms with Crippen LogP contribution in [0.2, 0.25) is 0 Å². The highest BCUT2D eigenvalue weighted by atomic mass is 32.1. The van der Waals surface area contributed by atoms with E-state index in [0.29, 0.717) is 6.04 Å². The molecular formula is C13H20N2OS. The first kappa shape index (κ1) is 12.6. The van der Waals surface area contributed by atoms with Crippen LogP contribution < -0.4 is 10.6 Å². The van der Waals surface area contributed by atoms with Crippen molar-refractivity contribution >= 4 is 17.2 Å². The summed E-state index contributed by atoms with van der Waals surface area (Å²) in [6, 6.07) is 2.57. The van der Waals surface area contributed by atoms with E-state index < -0.39 is 0 Å². The van der Waals surface area contributed by atoms with Gasteiger partial charge in [0.2, 0.25) is 0 Å². The van der Waals surface area contributed by atoms with E-state index in [1.54, 1.807) is 11.3 Å². The largest absolute Gasteiger partial charge is 0.351 e. The van der Waals surface area contributed by atoms with E-state index in [2.05, 4.69) is 17.6 Å². The fourth-order valence-corrected chi connectivity index (χ4v) is 3.09. The van der Waals surface area contributed by atoms with Crippen molar-refractivity contribution in [3.8, 4) is 0 Å². The number of carbonyl (C=O) groups is 1. The number of hydrogen-bond donors (Lipinski definition) is 2. The van der Waals surface area contributed by atoms with Crippen molar-refractivity contribution < 1.29 is 4.79 Å². The first-order valence-corrected chi connectivity index (χ1v) is 7.07. The number of carbonyl (C=O) groups excluding carboxylic acids is 1. The molecule has 2 N–H and O–H groups in total. The summed E-state index contributed by atoms with van der Waals surface area (Å²) in [5.41, 5.74) is 1.21. The van der Waals surface area contributed by atoms with Crippen molar-refractivity contribution in [2.45, 2.75) is 39.2 Å². The van der Waals surface area contributed by atoms with E-state index in [-0.39, 0.29) is 5.91 Å². The number of amides is 1. The van der Waals surface area contributed by atoms with Gasteiger partial charge in [-0.1, -0.05) is 0 Å². The lowest BCUT2D eigenvalue weighted by Gasteiger charge is -2.10. The van der Waals surface area contributed by atoms with Gasteiger partial charge in [-0.15, -0.1) is 11.3 Å². The van der Waals surface area contributed by atoms with E-state index in [1.807, 2.05) is 13.0 Å². The van der Waals surface area contributed by atoms with Crippen LogP contribution in [0.1, 0.15) is 39.4 Å². The van der Waals surface area contributed by atoms with Gasteiger partial charge >= 0.3 is 0 Å². The number of nitrogens with one attached hydrogen (secondary N) is 2. The van der Waals surface area contributed by atoms with Crippen LogP contribution in [0, 0.1) is 13.8 Å². The van der Waals surface area contributed by atoms with Gasteiger partial charge in [-0.25, -0.2) is 0 Å². The molecule has 0 radical (unpaired) electrons. The summed E-state index contributed by atoms with van der Waals surface area (Å²) in [6.45, 7) is 6.00. The van der Waals surface area contributed by atoms with Crippen molar-refractivity contribution in [1.82, 2.24) is 10.6 Å². The quantitative estimate of drug-likeness (QED) is 0.863. The van der Waals surface area contributed by atoms with E-state index >= 15 is 0 Å². The Morgan fingerprint density at radius 3 is 3.00 bits per heavy atom. The maximum absolute atomic E-state index is 11.9. The van der Waals surface area contributed by atoms with Gasteiger partial charge in [0.15, 0.2) is 0 Å². The number of thiophene rings is 1. The van der Waals surface area contributed by atoms with E-state index in [9.17, 15) is 4.79 Å². The predicted molar refractivity (Wildman–Crippen MR) is 71.8 cm³/mol. The van der Waals surface area contributed by atoms with Gasteiger partial charge in [0, 0.05) is 17.5 Å². The van der Waals surface area contributed by atoms with Crippen molar-refractivity contribution in [1.29, 1.82) is 0 Å². The smallest absolute Gasteiger partial charge is 0.261 e. The lowest BCUT2D eigenvalue weighted by atomic mass is 10.1. The van der Waals surface area contributed by atoms with Crippen LogP contribution in [0.15, 0.2) is 6.07 Å². The molecule has 1 unspecified atom stereocenters. The average molecular weight is 252 g/mol. The Balaban J connectivity index is 1.76. The van der Waals surface area contributed by atoms with Gasteiger partial charge in [0.25, 0.3) is 5.91 Å². The van der Waals surface area contributed by atoms with Crippen molar-refractivity contribution in [2.75, 3.05) is 13.1 Å². The molecule has 0 saturated carbocycles. The third-order valence-corrected chi connectivity index (χ3v) is 4.48. The number of hydrogen-bond acceptors (Lipinski definition) is 3. The van der Waals surface area contributed by atoms with Crippen LogP contribution in [0.4, 0.5) is 0 Å². The monoisotopic (exact) mass is 252 g/mol. The Morgan fingerprint density at radius 2 is 2.41 bits per heavy atom. The summed E-state index contributed by atoms with van der Waals surface area (Å²) in [4.78, 5) is 13.9. The topological polar surface area (TPSA) is 41.1 Å². The molecule has 1 amide bonds. The van der Waals surface area contributed by atoms with E-state index in [1.165, 1.54) is 23.3 Å². The Morgan fingerprint density at radius 1 is 1.59 bits per heavy atom. The highest BCUT2D eigenvalue weighted by Crippen LogP contribution is 2.20. The SMILES string of the molecule is Cc1cc(C(=O)NCCC2CCCN2)sc1C. The van der Waals surface area contributed by atoms with Gasteiger partial charge in [0.05, 0.1) is 4.88 Å². The zero-order chi connectivity index (χ0) is 12.3. The molecular weight excluding hydrogens is 232 g/mol. The lowest BCUT2D eigenvalue weighted by Crippen LogP contribution is -2.30. The molecule has 2 heterocycles. The molecule has 1 aliphatic rings. The second-order valence-electron chi connectivity index (χ2n) is 4.69. The molecule has 1 aromatic heterocycles. The Hall–Kier alpha value is -0.870. The van der Waals surface area contributed by atoms with Crippen LogP contribution in [0.3, 0.4) is 0 Å².